The van der Waals surface area contributed by atoms with Crippen molar-refractivity contribution in [2.24, 2.45) is 5.92 Å². The van der Waals surface area contributed by atoms with Gasteiger partial charge in [-0.2, -0.15) is 0 Å². The number of nitrogens with zero attached hydrogens (tertiary/aromatic N) is 3. The molecule has 27 heavy (non-hydrogen) atoms. The molecule has 2 aromatic rings. The van der Waals surface area contributed by atoms with E-state index in [1.165, 1.54) is 5.56 Å². The van der Waals surface area contributed by atoms with Crippen molar-refractivity contribution in [3.05, 3.63) is 53.6 Å². The zero-order valence-corrected chi connectivity index (χ0v) is 16.1. The summed E-state index contributed by atoms with van der Waals surface area (Å²) in [4.78, 5) is 29.8. The largest absolute Gasteiger partial charge is 0.350 e. The van der Waals surface area contributed by atoms with Crippen LogP contribution in [-0.4, -0.2) is 45.9 Å². The minimum Gasteiger partial charge on any atom is -0.350 e. The molecule has 0 saturated carbocycles. The molecule has 2 amide bonds. The first-order valence-electron chi connectivity index (χ1n) is 9.63. The van der Waals surface area contributed by atoms with Crippen LogP contribution in [0.3, 0.4) is 0 Å². The number of likely N-dealkylation sites (tertiary alicyclic amines) is 1. The van der Waals surface area contributed by atoms with Gasteiger partial charge in [0.25, 0.3) is 5.91 Å². The minimum atomic E-state index is -0.0471. The van der Waals surface area contributed by atoms with E-state index in [2.05, 4.69) is 10.3 Å². The third-order valence-corrected chi connectivity index (χ3v) is 5.36. The zero-order chi connectivity index (χ0) is 19.2. The summed E-state index contributed by atoms with van der Waals surface area (Å²) in [5, 5.41) is 2.96. The van der Waals surface area contributed by atoms with Crippen LogP contribution in [0.25, 0.3) is 0 Å². The molecule has 1 aliphatic heterocycles. The summed E-state index contributed by atoms with van der Waals surface area (Å²) in [5.41, 5.74) is 1.94. The molecule has 0 spiro atoms. The molecule has 0 atom stereocenters. The number of nitrogens with one attached hydrogen (secondary N) is 1. The van der Waals surface area contributed by atoms with E-state index < -0.39 is 0 Å². The number of piperidine rings is 1. The Labute approximate surface area is 160 Å². The molecule has 0 unspecified atom stereocenters. The predicted octanol–water partition coefficient (Wildman–Crippen LogP) is 2.42. The Morgan fingerprint density at radius 3 is 2.48 bits per heavy atom. The quantitative estimate of drug-likeness (QED) is 0.851. The number of aromatic nitrogens is 2. The monoisotopic (exact) mass is 368 g/mol. The van der Waals surface area contributed by atoms with Crippen molar-refractivity contribution in [1.82, 2.24) is 19.8 Å². The van der Waals surface area contributed by atoms with E-state index in [0.717, 1.165) is 38.2 Å². The van der Waals surface area contributed by atoms with Crippen LogP contribution in [0.1, 0.15) is 41.5 Å². The lowest BCUT2D eigenvalue weighted by atomic mass is 9.90. The molecule has 6 nitrogen and oxygen atoms in total. The number of hydrogen-bond acceptors (Lipinski definition) is 3. The van der Waals surface area contributed by atoms with Crippen LogP contribution in [0, 0.1) is 12.8 Å². The van der Waals surface area contributed by atoms with Gasteiger partial charge in [0.15, 0.2) is 0 Å². The van der Waals surface area contributed by atoms with Gasteiger partial charge in [-0.1, -0.05) is 12.1 Å². The highest BCUT2D eigenvalue weighted by atomic mass is 16.2. The van der Waals surface area contributed by atoms with Crippen molar-refractivity contribution >= 4 is 11.8 Å². The number of hydrogen-bond donors (Lipinski definition) is 1. The first kappa shape index (κ1) is 19.1. The van der Waals surface area contributed by atoms with Crippen molar-refractivity contribution in [3.8, 4) is 0 Å². The molecule has 1 saturated heterocycles. The highest BCUT2D eigenvalue weighted by molar-refractivity contribution is 5.94. The van der Waals surface area contributed by atoms with Crippen LogP contribution in [0.15, 0.2) is 36.7 Å². The molecule has 1 N–H and O–H groups in total. The van der Waals surface area contributed by atoms with Gasteiger partial charge in [-0.3, -0.25) is 9.59 Å². The maximum atomic E-state index is 12.3. The van der Waals surface area contributed by atoms with Crippen molar-refractivity contribution < 1.29 is 9.59 Å². The van der Waals surface area contributed by atoms with Crippen LogP contribution in [0.5, 0.6) is 0 Å². The zero-order valence-electron chi connectivity index (χ0n) is 16.1. The second-order valence-electron chi connectivity index (χ2n) is 7.27. The van der Waals surface area contributed by atoms with Gasteiger partial charge >= 0.3 is 0 Å². The molecule has 0 aliphatic carbocycles. The summed E-state index contributed by atoms with van der Waals surface area (Å²) in [7, 11) is 0. The lowest BCUT2D eigenvalue weighted by Gasteiger charge is -2.31. The Balaban J connectivity index is 1.45. The predicted molar refractivity (Wildman–Crippen MR) is 104 cm³/mol. The van der Waals surface area contributed by atoms with E-state index in [1.54, 1.807) is 13.1 Å². The van der Waals surface area contributed by atoms with E-state index in [1.807, 2.05) is 46.9 Å². The van der Waals surface area contributed by atoms with Gasteiger partial charge in [0.05, 0.1) is 0 Å². The third-order valence-electron chi connectivity index (χ3n) is 5.36. The van der Waals surface area contributed by atoms with Crippen LogP contribution in [-0.2, 0) is 17.8 Å². The summed E-state index contributed by atoms with van der Waals surface area (Å²) in [5.74, 6) is 1.68. The number of imidazole rings is 1. The van der Waals surface area contributed by atoms with Gasteiger partial charge in [-0.25, -0.2) is 4.98 Å². The SMILES string of the molecule is CC(=O)N1CCC(Cc2ccc(C(=O)NCCn3ccnc3C)cc2)CC1. The van der Waals surface area contributed by atoms with E-state index in [0.29, 0.717) is 24.6 Å². The number of rotatable bonds is 6. The second-order valence-corrected chi connectivity index (χ2v) is 7.27. The van der Waals surface area contributed by atoms with Crippen molar-refractivity contribution in [2.75, 3.05) is 19.6 Å². The molecule has 1 fully saturated rings. The van der Waals surface area contributed by atoms with Crippen molar-refractivity contribution in [1.29, 1.82) is 0 Å². The summed E-state index contributed by atoms with van der Waals surface area (Å²) in [6, 6.07) is 7.90. The highest BCUT2D eigenvalue weighted by Crippen LogP contribution is 2.22. The molecule has 2 heterocycles. The van der Waals surface area contributed by atoms with E-state index in [9.17, 15) is 9.59 Å². The van der Waals surface area contributed by atoms with Gasteiger partial charge in [0.2, 0.25) is 5.91 Å². The molecule has 0 radical (unpaired) electrons. The standard InChI is InChI=1S/C21H28N4O2/c1-16-22-9-13-24(16)14-10-23-21(27)20-5-3-18(4-6-20)15-19-7-11-25(12-8-19)17(2)26/h3-6,9,13,19H,7-8,10-12,14-15H2,1-2H3,(H,23,27). The second kappa shape index (κ2) is 8.84. The van der Waals surface area contributed by atoms with E-state index in [-0.39, 0.29) is 11.8 Å². The highest BCUT2D eigenvalue weighted by Gasteiger charge is 2.20. The van der Waals surface area contributed by atoms with Crippen molar-refractivity contribution in [2.45, 2.75) is 39.7 Å². The van der Waals surface area contributed by atoms with Crippen LogP contribution < -0.4 is 5.32 Å². The lowest BCUT2D eigenvalue weighted by Crippen LogP contribution is -2.37. The Kier molecular flexibility index (Phi) is 6.27. The minimum absolute atomic E-state index is 0.0471. The average Bonchev–Trinajstić information content (AvgIpc) is 3.07. The summed E-state index contributed by atoms with van der Waals surface area (Å²) in [6.45, 7) is 6.60. The fourth-order valence-electron chi connectivity index (χ4n) is 3.61. The smallest absolute Gasteiger partial charge is 0.251 e. The summed E-state index contributed by atoms with van der Waals surface area (Å²) >= 11 is 0. The van der Waals surface area contributed by atoms with Crippen LogP contribution in [0.2, 0.25) is 0 Å². The van der Waals surface area contributed by atoms with Gasteiger partial charge < -0.3 is 14.8 Å². The molecule has 1 aliphatic rings. The van der Waals surface area contributed by atoms with E-state index in [4.69, 9.17) is 0 Å². The molecule has 144 valence electrons. The van der Waals surface area contributed by atoms with E-state index >= 15 is 0 Å². The number of benzene rings is 1. The maximum absolute atomic E-state index is 12.3. The fourth-order valence-corrected chi connectivity index (χ4v) is 3.61. The maximum Gasteiger partial charge on any atom is 0.251 e. The number of carbonyl (C=O) groups is 2. The normalized spacial score (nSPS) is 15.0. The number of carbonyl (C=O) groups excluding carboxylic acids is 2. The van der Waals surface area contributed by atoms with Gasteiger partial charge in [-0.05, 0) is 49.8 Å². The van der Waals surface area contributed by atoms with Gasteiger partial charge in [0, 0.05) is 51.1 Å². The molecule has 1 aromatic heterocycles. The van der Waals surface area contributed by atoms with Gasteiger partial charge in [-0.15, -0.1) is 0 Å². The Hall–Kier alpha value is -2.63. The first-order chi connectivity index (χ1) is 13.0. The summed E-state index contributed by atoms with van der Waals surface area (Å²) in [6.07, 6.45) is 6.79. The molecule has 1 aromatic carbocycles. The van der Waals surface area contributed by atoms with Crippen molar-refractivity contribution in [3.63, 3.8) is 0 Å². The molecule has 6 heteroatoms. The lowest BCUT2D eigenvalue weighted by molar-refractivity contribution is -0.130. The summed E-state index contributed by atoms with van der Waals surface area (Å²) < 4.78 is 2.01. The van der Waals surface area contributed by atoms with Crippen LogP contribution in [0.4, 0.5) is 0 Å². The van der Waals surface area contributed by atoms with Gasteiger partial charge in [0.1, 0.15) is 5.82 Å². The Morgan fingerprint density at radius 1 is 1.19 bits per heavy atom. The number of amides is 2. The average molecular weight is 368 g/mol. The molecular weight excluding hydrogens is 340 g/mol. The first-order valence-corrected chi connectivity index (χ1v) is 9.63. The molecule has 3 rings (SSSR count). The molecule has 0 bridgehead atoms. The number of aryl methyl sites for hydroxylation is 1. The Morgan fingerprint density at radius 2 is 1.89 bits per heavy atom. The molecular formula is C21H28N4O2. The fraction of sp³-hybridized carbons (Fsp3) is 0.476. The third kappa shape index (κ3) is 5.18. The Bertz CT molecular complexity index is 774. The topological polar surface area (TPSA) is 67.2 Å². The van der Waals surface area contributed by atoms with Crippen LogP contribution >= 0.6 is 0 Å².